The lowest BCUT2D eigenvalue weighted by Crippen LogP contribution is -2.42. The SMILES string of the molecule is COc1ccc(OC)c(Cc2ccc([C@H]3CN(C(=O)c4n[nH]c5c4CCC5)CCO3)nc2)c1. The number of benzene rings is 1. The van der Waals surface area contributed by atoms with E-state index < -0.39 is 0 Å². The normalized spacial score (nSPS) is 17.6. The summed E-state index contributed by atoms with van der Waals surface area (Å²) in [6.07, 6.45) is 5.25. The van der Waals surface area contributed by atoms with Gasteiger partial charge in [-0.05, 0) is 49.1 Å². The van der Waals surface area contributed by atoms with Gasteiger partial charge in [-0.15, -0.1) is 0 Å². The number of methoxy groups -OCH3 is 2. The van der Waals surface area contributed by atoms with Crippen LogP contribution in [0.5, 0.6) is 11.5 Å². The van der Waals surface area contributed by atoms with Gasteiger partial charge in [0.1, 0.15) is 17.6 Å². The summed E-state index contributed by atoms with van der Waals surface area (Å²) < 4.78 is 16.8. The number of nitrogens with zero attached hydrogens (tertiary/aromatic N) is 3. The number of H-pyrrole nitrogens is 1. The van der Waals surface area contributed by atoms with E-state index in [-0.39, 0.29) is 12.0 Å². The molecule has 0 radical (unpaired) electrons. The van der Waals surface area contributed by atoms with Gasteiger partial charge >= 0.3 is 0 Å². The highest BCUT2D eigenvalue weighted by atomic mass is 16.5. The molecule has 1 amide bonds. The van der Waals surface area contributed by atoms with Gasteiger partial charge in [-0.25, -0.2) is 0 Å². The third kappa shape index (κ3) is 4.30. The van der Waals surface area contributed by atoms with Crippen molar-refractivity contribution in [2.24, 2.45) is 0 Å². The van der Waals surface area contributed by atoms with E-state index in [0.29, 0.717) is 31.8 Å². The maximum Gasteiger partial charge on any atom is 0.274 e. The van der Waals surface area contributed by atoms with E-state index in [2.05, 4.69) is 15.2 Å². The lowest BCUT2D eigenvalue weighted by molar-refractivity contribution is -0.0249. The fraction of sp³-hybridized carbons (Fsp3) is 0.400. The minimum absolute atomic E-state index is 0.0237. The summed E-state index contributed by atoms with van der Waals surface area (Å²) in [5.41, 5.74) is 5.66. The molecule has 5 rings (SSSR count). The Morgan fingerprint density at radius 1 is 1.21 bits per heavy atom. The van der Waals surface area contributed by atoms with Crippen molar-refractivity contribution in [1.82, 2.24) is 20.1 Å². The van der Waals surface area contributed by atoms with Crippen LogP contribution in [0.2, 0.25) is 0 Å². The molecule has 172 valence electrons. The second-order valence-electron chi connectivity index (χ2n) is 8.44. The first kappa shape index (κ1) is 21.5. The minimum Gasteiger partial charge on any atom is -0.497 e. The van der Waals surface area contributed by atoms with E-state index in [9.17, 15) is 4.79 Å². The quantitative estimate of drug-likeness (QED) is 0.623. The van der Waals surface area contributed by atoms with Crippen LogP contribution in [0.3, 0.4) is 0 Å². The first-order valence-corrected chi connectivity index (χ1v) is 11.3. The van der Waals surface area contributed by atoms with Crippen LogP contribution in [0.15, 0.2) is 36.5 Å². The fourth-order valence-electron chi connectivity index (χ4n) is 4.63. The smallest absolute Gasteiger partial charge is 0.274 e. The zero-order chi connectivity index (χ0) is 22.8. The Morgan fingerprint density at radius 2 is 2.12 bits per heavy atom. The number of aryl methyl sites for hydroxylation is 1. The van der Waals surface area contributed by atoms with Crippen molar-refractivity contribution < 1.29 is 19.0 Å². The molecule has 1 saturated heterocycles. The van der Waals surface area contributed by atoms with E-state index in [1.165, 1.54) is 0 Å². The van der Waals surface area contributed by atoms with Crippen molar-refractivity contribution in [3.8, 4) is 11.5 Å². The summed E-state index contributed by atoms with van der Waals surface area (Å²) in [6, 6.07) is 9.80. The number of carbonyl (C=O) groups excluding carboxylic acids is 1. The van der Waals surface area contributed by atoms with Crippen molar-refractivity contribution in [1.29, 1.82) is 0 Å². The zero-order valence-electron chi connectivity index (χ0n) is 19.0. The number of aromatic nitrogens is 3. The number of ether oxygens (including phenoxy) is 3. The van der Waals surface area contributed by atoms with E-state index in [1.54, 1.807) is 14.2 Å². The number of pyridine rings is 1. The summed E-state index contributed by atoms with van der Waals surface area (Å²) in [5, 5.41) is 7.33. The molecule has 1 fully saturated rings. The Morgan fingerprint density at radius 3 is 2.91 bits per heavy atom. The summed E-state index contributed by atoms with van der Waals surface area (Å²) in [6.45, 7) is 1.51. The minimum atomic E-state index is -0.255. The van der Waals surface area contributed by atoms with E-state index >= 15 is 0 Å². The number of nitrogens with one attached hydrogen (secondary N) is 1. The van der Waals surface area contributed by atoms with Crippen LogP contribution in [-0.4, -0.2) is 59.9 Å². The number of amides is 1. The van der Waals surface area contributed by atoms with E-state index in [0.717, 1.165) is 58.8 Å². The lowest BCUT2D eigenvalue weighted by Gasteiger charge is -2.32. The number of morpholine rings is 1. The van der Waals surface area contributed by atoms with Crippen LogP contribution in [0.4, 0.5) is 0 Å². The highest BCUT2D eigenvalue weighted by molar-refractivity contribution is 5.94. The number of carbonyl (C=O) groups is 1. The van der Waals surface area contributed by atoms with Gasteiger partial charge in [-0.2, -0.15) is 5.10 Å². The standard InChI is InChI=1S/C25H28N4O4/c1-31-18-7-9-22(32-2)17(13-18)12-16-6-8-21(26-14-16)23-15-29(10-11-33-23)25(30)24-19-4-3-5-20(19)27-28-24/h6-9,13-14,23H,3-5,10-12,15H2,1-2H3,(H,27,28)/t23-/m1/s1. The van der Waals surface area contributed by atoms with Gasteiger partial charge in [0.2, 0.25) is 0 Å². The van der Waals surface area contributed by atoms with Crippen LogP contribution >= 0.6 is 0 Å². The Hall–Kier alpha value is -3.39. The molecule has 1 aliphatic heterocycles. The Kier molecular flexibility index (Phi) is 6.00. The van der Waals surface area contributed by atoms with Gasteiger partial charge in [0, 0.05) is 36.0 Å². The van der Waals surface area contributed by atoms with Crippen molar-refractivity contribution in [2.75, 3.05) is 33.9 Å². The highest BCUT2D eigenvalue weighted by Crippen LogP contribution is 2.28. The molecule has 1 N–H and O–H groups in total. The zero-order valence-corrected chi connectivity index (χ0v) is 19.0. The maximum atomic E-state index is 13.1. The molecule has 2 aromatic heterocycles. The molecule has 3 aromatic rings. The summed E-state index contributed by atoms with van der Waals surface area (Å²) in [7, 11) is 3.32. The Labute approximate surface area is 192 Å². The van der Waals surface area contributed by atoms with Crippen LogP contribution < -0.4 is 9.47 Å². The lowest BCUT2D eigenvalue weighted by atomic mass is 10.0. The van der Waals surface area contributed by atoms with Gasteiger partial charge in [-0.3, -0.25) is 14.9 Å². The summed E-state index contributed by atoms with van der Waals surface area (Å²) in [4.78, 5) is 19.6. The Balaban J connectivity index is 1.28. The molecule has 8 nitrogen and oxygen atoms in total. The van der Waals surface area contributed by atoms with Crippen molar-refractivity contribution in [3.63, 3.8) is 0 Å². The first-order valence-electron chi connectivity index (χ1n) is 11.3. The largest absolute Gasteiger partial charge is 0.497 e. The average molecular weight is 449 g/mol. The third-order valence-corrected chi connectivity index (χ3v) is 6.42. The van der Waals surface area contributed by atoms with Gasteiger partial charge < -0.3 is 19.1 Å². The van der Waals surface area contributed by atoms with Crippen molar-refractivity contribution in [2.45, 2.75) is 31.8 Å². The second kappa shape index (κ2) is 9.23. The van der Waals surface area contributed by atoms with Gasteiger partial charge in [0.25, 0.3) is 5.91 Å². The maximum absolute atomic E-state index is 13.1. The molecule has 1 aromatic carbocycles. The number of hydrogen-bond donors (Lipinski definition) is 1. The number of rotatable bonds is 6. The van der Waals surface area contributed by atoms with Crippen LogP contribution in [0.1, 0.15) is 51.1 Å². The van der Waals surface area contributed by atoms with Gasteiger partial charge in [-0.1, -0.05) is 6.07 Å². The number of fused-ring (bicyclic) bond motifs is 1. The fourth-order valence-corrected chi connectivity index (χ4v) is 4.63. The van der Waals surface area contributed by atoms with E-state index in [1.807, 2.05) is 41.4 Å². The first-order chi connectivity index (χ1) is 16.2. The molecule has 2 aliphatic rings. The topological polar surface area (TPSA) is 89.6 Å². The number of hydrogen-bond acceptors (Lipinski definition) is 6. The number of aromatic amines is 1. The average Bonchev–Trinajstić information content (AvgIpc) is 3.48. The second-order valence-corrected chi connectivity index (χ2v) is 8.44. The van der Waals surface area contributed by atoms with Crippen LogP contribution in [0.25, 0.3) is 0 Å². The highest BCUT2D eigenvalue weighted by Gasteiger charge is 2.31. The van der Waals surface area contributed by atoms with Crippen LogP contribution in [-0.2, 0) is 24.0 Å². The molecular formula is C25H28N4O4. The third-order valence-electron chi connectivity index (χ3n) is 6.42. The summed E-state index contributed by atoms with van der Waals surface area (Å²) in [5.74, 6) is 1.58. The predicted octanol–water partition coefficient (Wildman–Crippen LogP) is 3.12. The summed E-state index contributed by atoms with van der Waals surface area (Å²) >= 11 is 0. The molecule has 0 spiro atoms. The van der Waals surface area contributed by atoms with Crippen molar-refractivity contribution >= 4 is 5.91 Å². The monoisotopic (exact) mass is 448 g/mol. The predicted molar refractivity (Wildman–Crippen MR) is 122 cm³/mol. The van der Waals surface area contributed by atoms with Crippen molar-refractivity contribution in [3.05, 3.63) is 70.3 Å². The molecule has 0 bridgehead atoms. The molecule has 0 unspecified atom stereocenters. The van der Waals surface area contributed by atoms with Gasteiger partial charge in [0.15, 0.2) is 5.69 Å². The van der Waals surface area contributed by atoms with E-state index in [4.69, 9.17) is 14.2 Å². The van der Waals surface area contributed by atoms with Crippen LogP contribution in [0, 0.1) is 0 Å². The molecule has 3 heterocycles. The molecule has 33 heavy (non-hydrogen) atoms. The molecular weight excluding hydrogens is 420 g/mol. The molecule has 0 saturated carbocycles. The Bertz CT molecular complexity index is 1140. The molecule has 8 heteroatoms. The van der Waals surface area contributed by atoms with Gasteiger partial charge in [0.05, 0.1) is 33.1 Å². The molecule has 1 atom stereocenters. The molecule has 1 aliphatic carbocycles.